The van der Waals surface area contributed by atoms with Crippen molar-refractivity contribution in [3.63, 3.8) is 0 Å². The maximum atomic E-state index is 14.9. The van der Waals surface area contributed by atoms with Gasteiger partial charge in [-0.05, 0) is 59.2 Å². The van der Waals surface area contributed by atoms with Crippen LogP contribution in [0.15, 0.2) is 34.9 Å². The first-order valence-electron chi connectivity index (χ1n) is 9.71. The average molecular weight is 581 g/mol. The summed E-state index contributed by atoms with van der Waals surface area (Å²) in [5.41, 5.74) is -0.487. The summed E-state index contributed by atoms with van der Waals surface area (Å²) < 4.78 is 57.8. The van der Waals surface area contributed by atoms with Crippen molar-refractivity contribution in [2.24, 2.45) is 0 Å². The smallest absolute Gasteiger partial charge is 0.170 e. The summed E-state index contributed by atoms with van der Waals surface area (Å²) in [7, 11) is 0. The van der Waals surface area contributed by atoms with Crippen LogP contribution in [0.1, 0.15) is 30.4 Å². The Morgan fingerprint density at radius 1 is 1.22 bits per heavy atom. The average Bonchev–Trinajstić information content (AvgIpc) is 3.34. The number of halogens is 4. The molecule has 1 saturated carbocycles. The fourth-order valence-corrected chi connectivity index (χ4v) is 4.37. The second-order valence-corrected chi connectivity index (χ2v) is 9.37. The number of nitrogens with one attached hydrogen (secondary N) is 1. The van der Waals surface area contributed by atoms with Gasteiger partial charge >= 0.3 is 0 Å². The van der Waals surface area contributed by atoms with Crippen molar-refractivity contribution < 1.29 is 37.0 Å². The number of anilines is 1. The van der Waals surface area contributed by atoms with Crippen LogP contribution >= 0.6 is 34.8 Å². The first kappa shape index (κ1) is 23.6. The molecule has 0 amide bonds. The Morgan fingerprint density at radius 2 is 2.00 bits per heavy atom. The van der Waals surface area contributed by atoms with Crippen molar-refractivity contribution >= 4 is 51.5 Å². The van der Waals surface area contributed by atoms with E-state index in [1.807, 2.05) is 22.6 Å². The van der Waals surface area contributed by atoms with E-state index >= 15 is 0 Å². The molecule has 2 aromatic carbocycles. The molecule has 0 radical (unpaired) electrons. The van der Waals surface area contributed by atoms with Gasteiger partial charge in [-0.15, -0.1) is 4.33 Å². The van der Waals surface area contributed by atoms with Gasteiger partial charge in [0, 0.05) is 22.0 Å². The summed E-state index contributed by atoms with van der Waals surface area (Å²) in [5.74, 6) is -2.74. The third-order valence-electron chi connectivity index (χ3n) is 5.29. The molecule has 1 fully saturated rings. The summed E-state index contributed by atoms with van der Waals surface area (Å²) in [6.07, 6.45) is 1.58. The summed E-state index contributed by atoms with van der Waals surface area (Å²) in [6.45, 7) is -0.389. The van der Waals surface area contributed by atoms with Crippen LogP contribution in [0.3, 0.4) is 0 Å². The molecular weight excluding hydrogens is 562 g/mol. The highest BCUT2D eigenvalue weighted by molar-refractivity contribution is 14.1. The molecule has 1 aliphatic carbocycles. The third kappa shape index (κ3) is 5.02. The molecule has 172 valence electrons. The number of fused-ring (bicyclic) bond motifs is 1. The zero-order valence-corrected chi connectivity index (χ0v) is 19.5. The minimum Gasteiger partial charge on any atom is -0.462 e. The van der Waals surface area contributed by atoms with Crippen molar-refractivity contribution in [1.29, 1.82) is 0 Å². The molecule has 0 aliphatic heterocycles. The molecule has 1 atom stereocenters. The van der Waals surface area contributed by atoms with Crippen LogP contribution in [0.2, 0.25) is 0 Å². The quantitative estimate of drug-likeness (QED) is 0.0754. The normalized spacial score (nSPS) is 15.8. The Labute approximate surface area is 199 Å². The fourth-order valence-electron chi connectivity index (χ4n) is 3.41. The zero-order chi connectivity index (χ0) is 22.9. The first-order chi connectivity index (χ1) is 15.3. The number of furan rings is 1. The molecule has 0 unspecified atom stereocenters. The molecule has 3 aromatic rings. The van der Waals surface area contributed by atoms with Crippen LogP contribution in [-0.4, -0.2) is 28.5 Å². The van der Waals surface area contributed by atoms with Gasteiger partial charge in [0.25, 0.3) is 0 Å². The van der Waals surface area contributed by atoms with Crippen LogP contribution in [0.25, 0.3) is 11.0 Å². The predicted molar refractivity (Wildman–Crippen MR) is 121 cm³/mol. The monoisotopic (exact) mass is 581 g/mol. The minimum atomic E-state index is -1.12. The van der Waals surface area contributed by atoms with Gasteiger partial charge in [-0.2, -0.15) is 0 Å². The number of hydrogen-bond donors (Lipinski definition) is 3. The molecule has 3 N–H and O–H groups in total. The van der Waals surface area contributed by atoms with Crippen molar-refractivity contribution in [1.82, 2.24) is 0 Å². The lowest BCUT2D eigenvalue weighted by Gasteiger charge is -2.18. The third-order valence-corrected chi connectivity index (χ3v) is 6.38. The van der Waals surface area contributed by atoms with Gasteiger partial charge in [0.05, 0.1) is 30.0 Å². The number of aliphatic hydroxyl groups is 2. The van der Waals surface area contributed by atoms with E-state index in [4.69, 9.17) is 18.7 Å². The van der Waals surface area contributed by atoms with Gasteiger partial charge in [-0.1, -0.05) is 6.07 Å². The molecular formula is C21H19F3INO5S. The summed E-state index contributed by atoms with van der Waals surface area (Å²) in [6, 6.07) is 5.80. The maximum absolute atomic E-state index is 14.9. The van der Waals surface area contributed by atoms with E-state index in [2.05, 4.69) is 4.72 Å². The van der Waals surface area contributed by atoms with E-state index in [1.165, 1.54) is 24.5 Å². The van der Waals surface area contributed by atoms with Crippen LogP contribution < -0.4 is 4.72 Å². The molecule has 0 spiro atoms. The lowest BCUT2D eigenvalue weighted by atomic mass is 10.0. The first-order valence-corrected chi connectivity index (χ1v) is 11.5. The zero-order valence-electron chi connectivity index (χ0n) is 16.5. The summed E-state index contributed by atoms with van der Waals surface area (Å²) in [4.78, 5) is 5.34. The fraction of sp³-hybridized carbons (Fsp3) is 0.333. The molecule has 1 aliphatic rings. The standard InChI is InChI=1S/C21H19F3INO5S/c22-16-8-12(25)2-1-11(16)7-15-18(24)17(23)14-3-6-29-20(14)19(15)26-32-31-30-21(4-5-21)9-13(28)10-27/h1-3,6,8,13,26-28H,4-5,7,9-10H2/t13-/m0/s1. The largest absolute Gasteiger partial charge is 0.462 e. The lowest BCUT2D eigenvalue weighted by molar-refractivity contribution is -0.251. The van der Waals surface area contributed by atoms with Crippen LogP contribution in [0.5, 0.6) is 0 Å². The topological polar surface area (TPSA) is 84.1 Å². The molecule has 0 bridgehead atoms. The van der Waals surface area contributed by atoms with Gasteiger partial charge in [0.15, 0.2) is 17.2 Å². The summed E-state index contributed by atoms with van der Waals surface area (Å²) in [5, 5.41) is 18.5. The van der Waals surface area contributed by atoms with E-state index in [9.17, 15) is 18.3 Å². The van der Waals surface area contributed by atoms with E-state index in [0.717, 1.165) is 0 Å². The minimum absolute atomic E-state index is 0.0535. The summed E-state index contributed by atoms with van der Waals surface area (Å²) >= 11 is 2.57. The van der Waals surface area contributed by atoms with E-state index < -0.39 is 29.2 Å². The maximum Gasteiger partial charge on any atom is 0.170 e. The molecule has 11 heteroatoms. The molecule has 4 rings (SSSR count). The molecule has 0 saturated heterocycles. The van der Waals surface area contributed by atoms with Gasteiger partial charge < -0.3 is 19.4 Å². The van der Waals surface area contributed by atoms with E-state index in [1.54, 1.807) is 6.07 Å². The van der Waals surface area contributed by atoms with Gasteiger partial charge in [-0.3, -0.25) is 0 Å². The molecule has 32 heavy (non-hydrogen) atoms. The van der Waals surface area contributed by atoms with Gasteiger partial charge in [0.1, 0.15) is 23.6 Å². The second-order valence-electron chi connectivity index (χ2n) is 7.62. The van der Waals surface area contributed by atoms with Gasteiger partial charge in [0.2, 0.25) is 0 Å². The Hall–Kier alpha value is -1.51. The Morgan fingerprint density at radius 3 is 2.69 bits per heavy atom. The van der Waals surface area contributed by atoms with E-state index in [-0.39, 0.29) is 47.2 Å². The van der Waals surface area contributed by atoms with Crippen molar-refractivity contribution in [2.45, 2.75) is 37.4 Å². The highest BCUT2D eigenvalue weighted by Gasteiger charge is 2.47. The number of hydrogen-bond acceptors (Lipinski definition) is 7. The Balaban J connectivity index is 1.55. The Bertz CT molecular complexity index is 1120. The Kier molecular flexibility index (Phi) is 7.22. The number of benzene rings is 2. The highest BCUT2D eigenvalue weighted by atomic mass is 127. The van der Waals surface area contributed by atoms with Crippen LogP contribution in [-0.2, 0) is 15.6 Å². The van der Waals surface area contributed by atoms with E-state index in [0.29, 0.717) is 28.6 Å². The van der Waals surface area contributed by atoms with Crippen molar-refractivity contribution in [2.75, 3.05) is 11.3 Å². The van der Waals surface area contributed by atoms with Crippen LogP contribution in [0.4, 0.5) is 18.9 Å². The molecule has 6 nitrogen and oxygen atoms in total. The number of rotatable bonds is 10. The lowest BCUT2D eigenvalue weighted by Crippen LogP contribution is -2.24. The van der Waals surface area contributed by atoms with Crippen molar-refractivity contribution in [3.05, 3.63) is 62.7 Å². The highest BCUT2D eigenvalue weighted by Crippen LogP contribution is 2.45. The second kappa shape index (κ2) is 9.77. The number of aliphatic hydroxyl groups excluding tert-OH is 2. The van der Waals surface area contributed by atoms with Gasteiger partial charge in [-0.25, -0.2) is 18.1 Å². The SMILES string of the molecule is OC[C@@H](O)CC1(OOSNc2c(Cc3ccc(I)cc3F)c(F)c(F)c3ccoc23)CC1. The molecule has 1 aromatic heterocycles. The van der Waals surface area contributed by atoms with Crippen molar-refractivity contribution in [3.8, 4) is 0 Å². The molecule has 1 heterocycles. The predicted octanol–water partition coefficient (Wildman–Crippen LogP) is 5.24. The van der Waals surface area contributed by atoms with Crippen LogP contribution in [0, 0.1) is 21.0 Å².